The van der Waals surface area contributed by atoms with Crippen LogP contribution < -0.4 is 4.74 Å². The van der Waals surface area contributed by atoms with Crippen molar-refractivity contribution in [2.24, 2.45) is 0 Å². The van der Waals surface area contributed by atoms with E-state index in [-0.39, 0.29) is 0 Å². The molecule has 0 aliphatic carbocycles. The summed E-state index contributed by atoms with van der Waals surface area (Å²) in [6.45, 7) is 0. The van der Waals surface area contributed by atoms with E-state index in [2.05, 4.69) is 15.2 Å². The Balaban J connectivity index is 2.41. The van der Waals surface area contributed by atoms with Crippen LogP contribution in [0.5, 0.6) is 5.88 Å². The van der Waals surface area contributed by atoms with Crippen LogP contribution in [0.15, 0.2) is 30.7 Å². The Hall–Kier alpha value is -1.91. The fourth-order valence-electron chi connectivity index (χ4n) is 0.984. The van der Waals surface area contributed by atoms with Crippen molar-refractivity contribution in [2.75, 3.05) is 7.11 Å². The van der Waals surface area contributed by atoms with Crippen molar-refractivity contribution in [3.05, 3.63) is 30.7 Å². The number of hydrogen-bond acceptors (Lipinski definition) is 4. The monoisotopic (exact) mass is 176 g/mol. The molecule has 0 N–H and O–H groups in total. The van der Waals surface area contributed by atoms with E-state index in [1.807, 2.05) is 6.07 Å². The number of aromatic nitrogens is 4. The molecule has 0 saturated carbocycles. The molecule has 0 fully saturated rings. The number of hydrogen-bond donors (Lipinski definition) is 0. The second-order valence-corrected chi connectivity index (χ2v) is 2.37. The zero-order valence-electron chi connectivity index (χ0n) is 7.08. The molecule has 0 bridgehead atoms. The Morgan fingerprint density at radius 1 is 1.23 bits per heavy atom. The lowest BCUT2D eigenvalue weighted by atomic mass is 10.4. The first kappa shape index (κ1) is 7.72. The summed E-state index contributed by atoms with van der Waals surface area (Å²) in [4.78, 5) is 5.48. The zero-order valence-corrected chi connectivity index (χ0v) is 7.08. The van der Waals surface area contributed by atoms with Crippen LogP contribution in [0.3, 0.4) is 0 Å². The topological polar surface area (TPSA) is 52.8 Å². The molecule has 0 atom stereocenters. The molecule has 0 saturated heterocycles. The molecule has 0 spiro atoms. The second-order valence-electron chi connectivity index (χ2n) is 2.37. The van der Waals surface area contributed by atoms with Crippen LogP contribution in [0.2, 0.25) is 0 Å². The summed E-state index contributed by atoms with van der Waals surface area (Å²) < 4.78 is 4.97. The smallest absolute Gasteiger partial charge is 0.215 e. The third kappa shape index (κ3) is 1.48. The first-order valence-electron chi connectivity index (χ1n) is 3.77. The maximum atomic E-state index is 4.97. The third-order valence-corrected chi connectivity index (χ3v) is 1.58. The van der Waals surface area contributed by atoms with Gasteiger partial charge < -0.3 is 4.74 Å². The quantitative estimate of drug-likeness (QED) is 0.674. The van der Waals surface area contributed by atoms with E-state index in [0.29, 0.717) is 5.88 Å². The van der Waals surface area contributed by atoms with E-state index in [1.54, 1.807) is 31.8 Å². The molecule has 66 valence electrons. The Bertz CT molecular complexity index is 385. The molecule has 5 heteroatoms. The van der Waals surface area contributed by atoms with Gasteiger partial charge in [0, 0.05) is 12.3 Å². The van der Waals surface area contributed by atoms with Gasteiger partial charge in [0.1, 0.15) is 0 Å². The van der Waals surface area contributed by atoms with Crippen molar-refractivity contribution in [1.82, 2.24) is 20.0 Å². The number of pyridine rings is 1. The molecule has 0 amide bonds. The van der Waals surface area contributed by atoms with Crippen molar-refractivity contribution < 1.29 is 4.74 Å². The molecule has 0 aliphatic rings. The standard InChI is InChI=1S/C8H8N4O/c1-13-8-6-7(2-3-9-8)12-10-4-5-11-12/h2-6H,1H3. The van der Waals surface area contributed by atoms with E-state index >= 15 is 0 Å². The van der Waals surface area contributed by atoms with Gasteiger partial charge in [-0.15, -0.1) is 0 Å². The van der Waals surface area contributed by atoms with Gasteiger partial charge in [-0.1, -0.05) is 0 Å². The van der Waals surface area contributed by atoms with Gasteiger partial charge in [0.05, 0.1) is 25.2 Å². The fraction of sp³-hybridized carbons (Fsp3) is 0.125. The van der Waals surface area contributed by atoms with Gasteiger partial charge in [0.2, 0.25) is 5.88 Å². The average Bonchev–Trinajstić information content (AvgIpc) is 2.71. The summed E-state index contributed by atoms with van der Waals surface area (Å²) in [5.74, 6) is 0.551. The number of methoxy groups -OCH3 is 1. The van der Waals surface area contributed by atoms with E-state index in [9.17, 15) is 0 Å². The Kier molecular flexibility index (Phi) is 1.91. The molecule has 2 aromatic heterocycles. The van der Waals surface area contributed by atoms with Crippen molar-refractivity contribution in [1.29, 1.82) is 0 Å². The lowest BCUT2D eigenvalue weighted by Crippen LogP contribution is -1.99. The maximum absolute atomic E-state index is 4.97. The van der Waals surface area contributed by atoms with Crippen LogP contribution in [0.25, 0.3) is 5.69 Å². The highest BCUT2D eigenvalue weighted by atomic mass is 16.5. The molecule has 0 unspecified atom stereocenters. The largest absolute Gasteiger partial charge is 0.481 e. The first-order valence-corrected chi connectivity index (χ1v) is 3.77. The predicted octanol–water partition coefficient (Wildman–Crippen LogP) is 0.671. The lowest BCUT2D eigenvalue weighted by Gasteiger charge is -2.01. The molecule has 5 nitrogen and oxygen atoms in total. The fourth-order valence-corrected chi connectivity index (χ4v) is 0.984. The highest BCUT2D eigenvalue weighted by Crippen LogP contribution is 2.10. The van der Waals surface area contributed by atoms with Gasteiger partial charge in [-0.2, -0.15) is 15.0 Å². The minimum absolute atomic E-state index is 0.551. The molecular formula is C8H8N4O. The SMILES string of the molecule is COc1cc(-n2nccn2)ccn1. The molecule has 0 radical (unpaired) electrons. The van der Waals surface area contributed by atoms with Crippen LogP contribution >= 0.6 is 0 Å². The van der Waals surface area contributed by atoms with Crippen molar-refractivity contribution in [3.8, 4) is 11.6 Å². The van der Waals surface area contributed by atoms with E-state index < -0.39 is 0 Å². The summed E-state index contributed by atoms with van der Waals surface area (Å²) in [5.41, 5.74) is 0.830. The predicted molar refractivity (Wildman–Crippen MR) is 45.7 cm³/mol. The summed E-state index contributed by atoms with van der Waals surface area (Å²) in [6, 6.07) is 3.57. The second kappa shape index (κ2) is 3.22. The summed E-state index contributed by atoms with van der Waals surface area (Å²) in [7, 11) is 1.57. The summed E-state index contributed by atoms with van der Waals surface area (Å²) in [5, 5.41) is 7.97. The third-order valence-electron chi connectivity index (χ3n) is 1.58. The number of rotatable bonds is 2. The minimum Gasteiger partial charge on any atom is -0.481 e. The van der Waals surface area contributed by atoms with Gasteiger partial charge in [0.15, 0.2) is 0 Å². The number of ether oxygens (including phenoxy) is 1. The van der Waals surface area contributed by atoms with Crippen LogP contribution in [0, 0.1) is 0 Å². The highest BCUT2D eigenvalue weighted by Gasteiger charge is 1.99. The molecule has 13 heavy (non-hydrogen) atoms. The van der Waals surface area contributed by atoms with Crippen molar-refractivity contribution >= 4 is 0 Å². The zero-order chi connectivity index (χ0) is 9.10. The summed E-state index contributed by atoms with van der Waals surface area (Å²) in [6.07, 6.45) is 4.89. The van der Waals surface area contributed by atoms with E-state index in [4.69, 9.17) is 4.74 Å². The van der Waals surface area contributed by atoms with Gasteiger partial charge in [-0.25, -0.2) is 4.98 Å². The van der Waals surface area contributed by atoms with Gasteiger partial charge in [-0.05, 0) is 6.07 Å². The van der Waals surface area contributed by atoms with Crippen LogP contribution in [0.4, 0.5) is 0 Å². The van der Waals surface area contributed by atoms with Gasteiger partial charge in [-0.3, -0.25) is 0 Å². The normalized spacial score (nSPS) is 9.92. The molecular weight excluding hydrogens is 168 g/mol. The molecule has 2 aromatic rings. The Morgan fingerprint density at radius 3 is 2.69 bits per heavy atom. The minimum atomic E-state index is 0.551. The number of nitrogens with zero attached hydrogens (tertiary/aromatic N) is 4. The molecule has 0 aromatic carbocycles. The maximum Gasteiger partial charge on any atom is 0.215 e. The van der Waals surface area contributed by atoms with Crippen molar-refractivity contribution in [3.63, 3.8) is 0 Å². The van der Waals surface area contributed by atoms with Gasteiger partial charge in [0.25, 0.3) is 0 Å². The molecule has 0 aliphatic heterocycles. The molecule has 2 rings (SSSR count). The first-order chi connectivity index (χ1) is 6.40. The average molecular weight is 176 g/mol. The summed E-state index contributed by atoms with van der Waals surface area (Å²) >= 11 is 0. The van der Waals surface area contributed by atoms with Crippen LogP contribution in [-0.4, -0.2) is 27.1 Å². The van der Waals surface area contributed by atoms with Crippen LogP contribution in [-0.2, 0) is 0 Å². The Labute approximate surface area is 75.0 Å². The molecule has 2 heterocycles. The van der Waals surface area contributed by atoms with Crippen molar-refractivity contribution in [2.45, 2.75) is 0 Å². The Morgan fingerprint density at radius 2 is 2.00 bits per heavy atom. The highest BCUT2D eigenvalue weighted by molar-refractivity contribution is 5.31. The van der Waals surface area contributed by atoms with Crippen LogP contribution in [0.1, 0.15) is 0 Å². The van der Waals surface area contributed by atoms with E-state index in [1.165, 1.54) is 4.80 Å². The van der Waals surface area contributed by atoms with E-state index in [0.717, 1.165) is 5.69 Å². The lowest BCUT2D eigenvalue weighted by molar-refractivity contribution is 0.397. The van der Waals surface area contributed by atoms with Gasteiger partial charge >= 0.3 is 0 Å².